The quantitative estimate of drug-likeness (QED) is 0.0152. The lowest BCUT2D eigenvalue weighted by atomic mass is 9.85. The monoisotopic (exact) mass is 835 g/mol. The fraction of sp³-hybridized carbons (Fsp3) is 0.860. The molecule has 1 rings (SSSR count). The second kappa shape index (κ2) is 34.1. The number of aliphatic hydroxyl groups is 5. The second-order valence-electron chi connectivity index (χ2n) is 15.6. The van der Waals surface area contributed by atoms with Crippen molar-refractivity contribution in [3.8, 4) is 0 Å². The van der Waals surface area contributed by atoms with Crippen LogP contribution in [-0.4, -0.2) is 98.3 Å². The minimum atomic E-state index is -5.12. The van der Waals surface area contributed by atoms with Crippen molar-refractivity contribution >= 4 is 19.8 Å². The number of rotatable bonds is 37. The van der Waals surface area contributed by atoms with Crippen LogP contribution >= 0.6 is 7.82 Å². The predicted molar refractivity (Wildman–Crippen MR) is 221 cm³/mol. The molecular weight excluding hydrogens is 755 g/mol. The van der Waals surface area contributed by atoms with Gasteiger partial charge in [0.05, 0.1) is 6.61 Å². The summed E-state index contributed by atoms with van der Waals surface area (Å²) in [6.07, 6.45) is 21.3. The van der Waals surface area contributed by atoms with Crippen molar-refractivity contribution in [3.63, 3.8) is 0 Å². The molecule has 6 unspecified atom stereocenters. The summed E-state index contributed by atoms with van der Waals surface area (Å²) in [6, 6.07) is 0. The van der Waals surface area contributed by atoms with Crippen LogP contribution in [0.3, 0.4) is 0 Å². The Bertz CT molecular complexity index is 1090. The van der Waals surface area contributed by atoms with Crippen LogP contribution in [0.25, 0.3) is 0 Å². The Labute approximate surface area is 343 Å². The molecule has 0 radical (unpaired) electrons. The van der Waals surface area contributed by atoms with Gasteiger partial charge in [-0.1, -0.05) is 134 Å². The number of carbonyl (C=O) groups is 2. The molecule has 0 aliphatic heterocycles. The van der Waals surface area contributed by atoms with E-state index in [0.29, 0.717) is 12.8 Å². The predicted octanol–water partition coefficient (Wildman–Crippen LogP) is 8.06. The van der Waals surface area contributed by atoms with Gasteiger partial charge in [-0.2, -0.15) is 0 Å². The summed E-state index contributed by atoms with van der Waals surface area (Å²) < 4.78 is 33.4. The average Bonchev–Trinajstić information content (AvgIpc) is 3.19. The second-order valence-corrected chi connectivity index (χ2v) is 17.0. The van der Waals surface area contributed by atoms with E-state index < -0.39 is 75.7 Å². The van der Waals surface area contributed by atoms with Crippen molar-refractivity contribution in [2.45, 2.75) is 223 Å². The Kier molecular flexibility index (Phi) is 31.9. The zero-order valence-electron chi connectivity index (χ0n) is 35.0. The maximum atomic E-state index is 12.8. The van der Waals surface area contributed by atoms with Crippen molar-refractivity contribution in [1.82, 2.24) is 0 Å². The van der Waals surface area contributed by atoms with Crippen LogP contribution in [0, 0.1) is 0 Å². The van der Waals surface area contributed by atoms with E-state index in [-0.39, 0.29) is 12.8 Å². The normalized spacial score (nSPS) is 22.6. The maximum absolute atomic E-state index is 12.8. The lowest BCUT2D eigenvalue weighted by Crippen LogP contribution is -2.64. The summed E-state index contributed by atoms with van der Waals surface area (Å²) in [5, 5.41) is 50.1. The van der Waals surface area contributed by atoms with Crippen LogP contribution in [0.1, 0.15) is 180 Å². The van der Waals surface area contributed by atoms with Gasteiger partial charge in [0.25, 0.3) is 0 Å². The third-order valence-electron chi connectivity index (χ3n) is 10.4. The summed E-state index contributed by atoms with van der Waals surface area (Å²) in [6.45, 7) is 4.79. The fourth-order valence-corrected chi connectivity index (χ4v) is 7.76. The van der Waals surface area contributed by atoms with Gasteiger partial charge in [0, 0.05) is 12.8 Å². The summed E-state index contributed by atoms with van der Waals surface area (Å²) in [7, 11) is -5.12. The van der Waals surface area contributed by atoms with E-state index in [9.17, 15) is 44.6 Å². The number of unbranched alkanes of at least 4 members (excludes halogenated alkanes) is 22. The largest absolute Gasteiger partial charge is 0.472 e. The molecule has 0 amide bonds. The zero-order valence-corrected chi connectivity index (χ0v) is 35.9. The van der Waals surface area contributed by atoms with Gasteiger partial charge in [-0.25, -0.2) is 4.57 Å². The molecule has 1 aliphatic carbocycles. The van der Waals surface area contributed by atoms with Gasteiger partial charge in [0.1, 0.15) is 43.2 Å². The molecule has 1 saturated carbocycles. The SMILES string of the molecule is C=CCCCCCCCCCCCCCCCC(=O)OC[C@@H](COP(=O)(O)OC1C(O)C(O)C(O)[C@H](O)C1O)OC(=O)CCCCC/C=C/CCCCCCCC. The first-order valence-corrected chi connectivity index (χ1v) is 23.6. The van der Waals surface area contributed by atoms with E-state index in [4.69, 9.17) is 18.5 Å². The lowest BCUT2D eigenvalue weighted by Gasteiger charge is -2.41. The van der Waals surface area contributed by atoms with Crippen molar-refractivity contribution in [2.24, 2.45) is 0 Å². The van der Waals surface area contributed by atoms with E-state index in [1.165, 1.54) is 96.3 Å². The van der Waals surface area contributed by atoms with Crippen LogP contribution in [0.4, 0.5) is 0 Å². The molecule has 1 fully saturated rings. The van der Waals surface area contributed by atoms with Gasteiger partial charge in [0.2, 0.25) is 0 Å². The van der Waals surface area contributed by atoms with Gasteiger partial charge < -0.3 is 39.9 Å². The van der Waals surface area contributed by atoms with E-state index in [1.807, 2.05) is 6.08 Å². The number of aliphatic hydroxyl groups excluding tert-OH is 5. The molecule has 0 aromatic rings. The number of ether oxygens (including phenoxy) is 2. The molecule has 0 aromatic heterocycles. The van der Waals surface area contributed by atoms with Crippen molar-refractivity contribution in [1.29, 1.82) is 0 Å². The Morgan fingerprint density at radius 2 is 0.982 bits per heavy atom. The number of esters is 2. The molecule has 334 valence electrons. The highest BCUT2D eigenvalue weighted by Crippen LogP contribution is 2.47. The first-order valence-electron chi connectivity index (χ1n) is 22.1. The van der Waals surface area contributed by atoms with Crippen LogP contribution in [0.5, 0.6) is 0 Å². The van der Waals surface area contributed by atoms with E-state index in [1.54, 1.807) is 0 Å². The van der Waals surface area contributed by atoms with Crippen LogP contribution in [-0.2, 0) is 32.7 Å². The van der Waals surface area contributed by atoms with Gasteiger partial charge >= 0.3 is 19.8 Å². The van der Waals surface area contributed by atoms with E-state index >= 15 is 0 Å². The Hall–Kier alpha value is -1.67. The molecule has 6 N–H and O–H groups in total. The first kappa shape index (κ1) is 53.3. The molecule has 0 spiro atoms. The Morgan fingerprint density at radius 3 is 1.47 bits per heavy atom. The summed E-state index contributed by atoms with van der Waals surface area (Å²) >= 11 is 0. The van der Waals surface area contributed by atoms with Gasteiger partial charge in [-0.15, -0.1) is 6.58 Å². The molecule has 0 aromatic carbocycles. The molecule has 0 saturated heterocycles. The van der Waals surface area contributed by atoms with E-state index in [0.717, 1.165) is 51.4 Å². The van der Waals surface area contributed by atoms with E-state index in [2.05, 4.69) is 25.7 Å². The third kappa shape index (κ3) is 26.9. The number of allylic oxidation sites excluding steroid dienone is 3. The molecule has 14 heteroatoms. The molecular formula is C43H79O13P. The van der Waals surface area contributed by atoms with Crippen molar-refractivity contribution in [3.05, 3.63) is 24.8 Å². The lowest BCUT2D eigenvalue weighted by molar-refractivity contribution is -0.220. The summed E-state index contributed by atoms with van der Waals surface area (Å²) in [5.74, 6) is -1.12. The van der Waals surface area contributed by atoms with Crippen molar-refractivity contribution in [2.75, 3.05) is 13.2 Å². The van der Waals surface area contributed by atoms with Crippen molar-refractivity contribution < 1.29 is 63.1 Å². The smallest absolute Gasteiger partial charge is 0.462 e. The van der Waals surface area contributed by atoms with Gasteiger partial charge in [-0.3, -0.25) is 18.6 Å². The Balaban J connectivity index is 2.48. The minimum Gasteiger partial charge on any atom is -0.462 e. The molecule has 1 aliphatic rings. The van der Waals surface area contributed by atoms with Gasteiger partial charge in [-0.05, 0) is 51.4 Å². The van der Waals surface area contributed by atoms with Crippen LogP contribution in [0.2, 0.25) is 0 Å². The highest BCUT2D eigenvalue weighted by Gasteiger charge is 2.51. The molecule has 0 heterocycles. The number of hydrogen-bond donors (Lipinski definition) is 6. The molecule has 13 nitrogen and oxygen atoms in total. The highest BCUT2D eigenvalue weighted by atomic mass is 31.2. The maximum Gasteiger partial charge on any atom is 0.472 e. The Morgan fingerprint density at radius 1 is 0.579 bits per heavy atom. The zero-order chi connectivity index (χ0) is 42.2. The minimum absolute atomic E-state index is 0.0776. The number of hydrogen-bond acceptors (Lipinski definition) is 12. The fourth-order valence-electron chi connectivity index (χ4n) is 6.79. The third-order valence-corrected chi connectivity index (χ3v) is 11.4. The molecule has 8 atom stereocenters. The average molecular weight is 835 g/mol. The number of carbonyl (C=O) groups excluding carboxylic acids is 2. The summed E-state index contributed by atoms with van der Waals surface area (Å²) in [5.41, 5.74) is 0. The molecule has 57 heavy (non-hydrogen) atoms. The van der Waals surface area contributed by atoms with Crippen LogP contribution in [0.15, 0.2) is 24.8 Å². The van der Waals surface area contributed by atoms with Crippen LogP contribution < -0.4 is 0 Å². The summed E-state index contributed by atoms with van der Waals surface area (Å²) in [4.78, 5) is 35.6. The number of phosphoric acid groups is 1. The standard InChI is InChI=1S/C43H79O13P/c1-3-5-7-9-11-13-15-17-18-20-21-23-25-27-29-31-36(44)53-33-35(34-54-57(51,52)56-43-41(49)39(47)38(46)40(48)42(43)50)55-37(45)32-30-28-26-24-22-19-16-14-12-10-8-6-4-2/h3,19,22,35,38-43,46-50H,1,4-18,20-21,23-34H2,2H3,(H,51,52)/b22-19+/t35-,38?,39-,40?,41?,42?,43?/m0/s1. The van der Waals surface area contributed by atoms with Gasteiger partial charge in [0.15, 0.2) is 6.10 Å². The highest BCUT2D eigenvalue weighted by molar-refractivity contribution is 7.47. The molecule has 0 bridgehead atoms. The number of phosphoric ester groups is 1. The first-order chi connectivity index (χ1) is 27.4. The topological polar surface area (TPSA) is 210 Å².